The predicted octanol–water partition coefficient (Wildman–Crippen LogP) is 22.2. The van der Waals surface area contributed by atoms with E-state index in [1.807, 2.05) is 0 Å². The third kappa shape index (κ3) is 8.15. The lowest BCUT2D eigenvalue weighted by Crippen LogP contribution is -1.96. The van der Waals surface area contributed by atoms with Crippen LogP contribution in [0.25, 0.3) is 176 Å². The third-order valence-corrected chi connectivity index (χ3v) is 17.6. The first kappa shape index (κ1) is 54.6. The Morgan fingerprint density at radius 1 is 0.217 bits per heavy atom. The van der Waals surface area contributed by atoms with Gasteiger partial charge in [-0.3, -0.25) is 0 Å². The van der Waals surface area contributed by atoms with Crippen LogP contribution in [0.15, 0.2) is 194 Å². The smallest absolute Gasteiger partial charge is 0.167 e. The molecule has 92 heavy (non-hydrogen) atoms. The fourth-order valence-corrected chi connectivity index (χ4v) is 13.6. The molecular weight excluding hydrogens is 1200 g/mol. The second kappa shape index (κ2) is 20.0. The molecular formula is C76H34F12N4. The minimum atomic E-state index is -1.65. The fraction of sp³-hybridized carbons (Fsp3) is 0. The van der Waals surface area contributed by atoms with Crippen LogP contribution in [0.5, 0.6) is 0 Å². The van der Waals surface area contributed by atoms with Gasteiger partial charge in [-0.15, -0.1) is 0 Å². The zero-order valence-corrected chi connectivity index (χ0v) is 46.9. The molecule has 1 aliphatic carbocycles. The lowest BCUT2D eigenvalue weighted by molar-refractivity contribution is 0.497. The maximum atomic E-state index is 17.6. The Balaban J connectivity index is 1.27. The maximum absolute atomic E-state index is 17.6. The van der Waals surface area contributed by atoms with Crippen molar-refractivity contribution in [3.8, 4) is 89.5 Å². The van der Waals surface area contributed by atoms with Gasteiger partial charge in [-0.05, 0) is 116 Å². The second-order valence-electron chi connectivity index (χ2n) is 22.8. The van der Waals surface area contributed by atoms with E-state index in [4.69, 9.17) is 9.97 Å². The van der Waals surface area contributed by atoms with Crippen molar-refractivity contribution in [2.24, 2.45) is 0 Å². The average Bonchev–Trinajstić information content (AvgIpc) is 1.55. The molecule has 14 aromatic rings. The van der Waals surface area contributed by atoms with Crippen LogP contribution in [0.4, 0.5) is 52.7 Å². The van der Waals surface area contributed by atoms with E-state index in [0.717, 1.165) is 24.3 Å². The normalized spacial score (nSPS) is 12.1. The lowest BCUT2D eigenvalue weighted by Gasteiger charge is -2.12. The van der Waals surface area contributed by atoms with Gasteiger partial charge < -0.3 is 9.97 Å². The molecule has 16 heteroatoms. The molecule has 3 aliphatic rings. The number of benzene rings is 12. The van der Waals surface area contributed by atoms with Crippen molar-refractivity contribution in [1.82, 2.24) is 19.9 Å². The summed E-state index contributed by atoms with van der Waals surface area (Å²) in [7, 11) is 0. The molecule has 4 nitrogen and oxygen atoms in total. The van der Waals surface area contributed by atoms with Gasteiger partial charge in [0.15, 0.2) is 46.5 Å². The fourth-order valence-electron chi connectivity index (χ4n) is 13.6. The summed E-state index contributed by atoms with van der Waals surface area (Å²) in [5, 5.41) is 4.59. The van der Waals surface area contributed by atoms with Crippen LogP contribution in [0, 0.1) is 69.8 Å². The Labute approximate surface area is 510 Å². The summed E-state index contributed by atoms with van der Waals surface area (Å²) in [4.78, 5) is 17.3. The molecule has 0 atom stereocenters. The van der Waals surface area contributed by atoms with Crippen LogP contribution in [-0.4, -0.2) is 19.9 Å². The summed E-state index contributed by atoms with van der Waals surface area (Å²) in [6, 6.07) is 44.9. The highest BCUT2D eigenvalue weighted by molar-refractivity contribution is 6.25. The molecule has 2 aliphatic heterocycles. The van der Waals surface area contributed by atoms with Crippen molar-refractivity contribution < 1.29 is 52.7 Å². The summed E-state index contributed by atoms with van der Waals surface area (Å²) in [5.41, 5.74) is -6.18. The van der Waals surface area contributed by atoms with Crippen molar-refractivity contribution in [1.29, 1.82) is 0 Å². The quantitative estimate of drug-likeness (QED) is 0.136. The molecule has 12 aromatic carbocycles. The Hall–Kier alpha value is -11.5. The van der Waals surface area contributed by atoms with Crippen LogP contribution in [0.1, 0.15) is 0 Å². The van der Waals surface area contributed by atoms with Gasteiger partial charge in [0, 0.05) is 113 Å². The van der Waals surface area contributed by atoms with Gasteiger partial charge in [0.2, 0.25) is 0 Å². The highest BCUT2D eigenvalue weighted by Crippen LogP contribution is 2.55. The zero-order valence-electron chi connectivity index (χ0n) is 46.9. The number of halogens is 12. The van der Waals surface area contributed by atoms with Gasteiger partial charge in [0.25, 0.3) is 0 Å². The van der Waals surface area contributed by atoms with Crippen LogP contribution in [-0.2, 0) is 0 Å². The van der Waals surface area contributed by atoms with E-state index in [0.29, 0.717) is 67.4 Å². The van der Waals surface area contributed by atoms with Crippen molar-refractivity contribution in [2.45, 2.75) is 0 Å². The molecule has 2 aromatic heterocycles. The van der Waals surface area contributed by atoms with Gasteiger partial charge in [-0.25, -0.2) is 62.7 Å². The topological polar surface area (TPSA) is 57.4 Å². The largest absolute Gasteiger partial charge is 0.353 e. The molecule has 4 heterocycles. The number of nitrogens with zero attached hydrogens (tertiary/aromatic N) is 2. The van der Waals surface area contributed by atoms with Crippen molar-refractivity contribution >= 4 is 86.7 Å². The van der Waals surface area contributed by atoms with Crippen molar-refractivity contribution in [2.75, 3.05) is 0 Å². The zero-order chi connectivity index (χ0) is 62.9. The Kier molecular flexibility index (Phi) is 11.9. The summed E-state index contributed by atoms with van der Waals surface area (Å²) in [6.07, 6.45) is 0. The van der Waals surface area contributed by atoms with E-state index < -0.39 is 114 Å². The van der Waals surface area contributed by atoms with Crippen LogP contribution in [0.2, 0.25) is 0 Å². The molecule has 0 saturated carbocycles. The third-order valence-electron chi connectivity index (χ3n) is 17.6. The molecule has 0 saturated heterocycles. The Morgan fingerprint density at radius 3 is 0.620 bits per heavy atom. The van der Waals surface area contributed by atoms with Crippen LogP contribution >= 0.6 is 0 Å². The molecule has 0 amide bonds. The molecule has 0 radical (unpaired) electrons. The van der Waals surface area contributed by atoms with Crippen molar-refractivity contribution in [3.05, 3.63) is 264 Å². The van der Waals surface area contributed by atoms with E-state index in [-0.39, 0.29) is 88.6 Å². The van der Waals surface area contributed by atoms with E-state index in [1.165, 1.54) is 0 Å². The monoisotopic (exact) mass is 1230 g/mol. The number of rotatable bonds is 4. The summed E-state index contributed by atoms with van der Waals surface area (Å²) >= 11 is 0. The number of aromatic nitrogens is 4. The molecule has 8 bridgehead atoms. The maximum Gasteiger partial charge on any atom is 0.167 e. The van der Waals surface area contributed by atoms with E-state index in [2.05, 4.69) is 9.97 Å². The molecule has 0 unspecified atom stereocenters. The first-order valence-corrected chi connectivity index (χ1v) is 28.7. The highest BCUT2D eigenvalue weighted by atomic mass is 19.2. The Morgan fingerprint density at radius 2 is 0.413 bits per heavy atom. The highest BCUT2D eigenvalue weighted by Gasteiger charge is 2.35. The molecule has 0 spiro atoms. The van der Waals surface area contributed by atoms with Crippen molar-refractivity contribution in [3.63, 3.8) is 0 Å². The Bertz CT molecular complexity index is 5350. The SMILES string of the molecule is Fc1cc(F)c(F)c(-c2c3nc(c(-c4cc(F)cc(F)c4F)c4[nH]c(c(-c5cc(F)cc(F)c5F)c5nc(c(-c6cc(F)cc(F)c6F)c6[nH]c2c2cc7ccccc7cc62)-c2cc6ccccc6cc2-5)c2cc5ccccc5cc42)-c2cc4ccccc4cc2-3)c1. The molecule has 0 fully saturated rings. The van der Waals surface area contributed by atoms with Gasteiger partial charge in [0.05, 0.1) is 44.8 Å². The second-order valence-corrected chi connectivity index (χ2v) is 22.8. The van der Waals surface area contributed by atoms with Gasteiger partial charge in [-0.2, -0.15) is 0 Å². The first-order chi connectivity index (χ1) is 44.5. The molecule has 17 rings (SSSR count). The van der Waals surface area contributed by atoms with Crippen LogP contribution in [0.3, 0.4) is 0 Å². The summed E-state index contributed by atoms with van der Waals surface area (Å²) in [5.74, 6) is -18.0. The number of H-pyrrole nitrogens is 2. The number of aromatic amines is 2. The average molecular weight is 1230 g/mol. The minimum Gasteiger partial charge on any atom is -0.353 e. The number of hydrogen-bond donors (Lipinski definition) is 2. The van der Waals surface area contributed by atoms with E-state index in [1.54, 1.807) is 146 Å². The number of fused-ring (bicyclic) bond motifs is 4. The number of hydrogen-bond acceptors (Lipinski definition) is 2. The first-order valence-electron chi connectivity index (χ1n) is 28.7. The predicted molar refractivity (Wildman–Crippen MR) is 336 cm³/mol. The molecule has 2 N–H and O–H groups in total. The summed E-state index contributed by atoms with van der Waals surface area (Å²) in [6.45, 7) is 0. The van der Waals surface area contributed by atoms with E-state index >= 15 is 52.7 Å². The van der Waals surface area contributed by atoms with Gasteiger partial charge in [-0.1, -0.05) is 97.1 Å². The van der Waals surface area contributed by atoms with Gasteiger partial charge in [0.1, 0.15) is 23.3 Å². The number of nitrogens with one attached hydrogen (secondary N) is 2. The lowest BCUT2D eigenvalue weighted by atomic mass is 9.90. The minimum absolute atomic E-state index is 0.0790. The van der Waals surface area contributed by atoms with E-state index in [9.17, 15) is 0 Å². The van der Waals surface area contributed by atoms with Gasteiger partial charge >= 0.3 is 0 Å². The van der Waals surface area contributed by atoms with Crippen LogP contribution < -0.4 is 0 Å². The molecule has 442 valence electrons. The standard InChI is InChI=1S/C76H34F12N4/c77-41-25-53(65(85)57(81)29-41)61-69-45-17-33-9-1-2-10-34(33)18-46(45)70(89-69)62(54-26-42(78)30-58(82)66(54)86)72-49-21-37-13-5-6-14-38(37)22-50(49)74(91-72)64(56-28-44(80)32-60(84)68(56)88)76-52-24-40-16-8-7-15-39(40)23-51(52)75(92-76)63(55-27-43(79)31-59(83)67(55)87)73-48-20-36-12-4-3-11-35(36)19-47(48)71(61)90-73/h1-32,89,92H. The summed E-state index contributed by atoms with van der Waals surface area (Å²) < 4.78 is 202.